The van der Waals surface area contributed by atoms with Crippen LogP contribution in [0.3, 0.4) is 0 Å². The van der Waals surface area contributed by atoms with Gasteiger partial charge in [-0.25, -0.2) is 4.98 Å². The van der Waals surface area contributed by atoms with Gasteiger partial charge in [0.2, 0.25) is 0 Å². The maximum Gasteiger partial charge on any atom is 0.155 e. The molecule has 0 aliphatic rings. The third-order valence-corrected chi connectivity index (χ3v) is 4.40. The van der Waals surface area contributed by atoms with Gasteiger partial charge in [0.05, 0.1) is 6.33 Å². The van der Waals surface area contributed by atoms with Crippen molar-refractivity contribution in [2.75, 3.05) is 13.7 Å². The Balaban J connectivity index is 1.78. The van der Waals surface area contributed by atoms with Gasteiger partial charge in [-0.2, -0.15) is 0 Å². The zero-order valence-electron chi connectivity index (χ0n) is 14.4. The predicted octanol–water partition coefficient (Wildman–Crippen LogP) is 3.62. The summed E-state index contributed by atoms with van der Waals surface area (Å²) in [5, 5.41) is 14.2. The van der Waals surface area contributed by atoms with Crippen LogP contribution in [0.25, 0.3) is 27.9 Å². The van der Waals surface area contributed by atoms with Crippen molar-refractivity contribution in [1.82, 2.24) is 9.38 Å². The van der Waals surface area contributed by atoms with E-state index in [2.05, 4.69) is 10.1 Å². The Morgan fingerprint density at radius 2 is 2.15 bits per heavy atom. The zero-order chi connectivity index (χ0) is 17.9. The molecule has 0 spiro atoms. The Hall–Kier alpha value is -3.12. The van der Waals surface area contributed by atoms with Gasteiger partial charge < -0.3 is 18.8 Å². The molecule has 4 aromatic rings. The second-order valence-electron chi connectivity index (χ2n) is 6.14. The molecular formula is C20H19N3O3. The molecule has 0 aliphatic heterocycles. The number of nitrogens with zero attached hydrogens (tertiary/aromatic N) is 3. The first kappa shape index (κ1) is 16.4. The Kier molecular flexibility index (Phi) is 4.41. The Bertz CT molecular complexity index is 1130. The van der Waals surface area contributed by atoms with Crippen LogP contribution in [0.4, 0.5) is 0 Å². The molecule has 132 valence electrons. The highest BCUT2D eigenvalue weighted by molar-refractivity contribution is 5.79. The van der Waals surface area contributed by atoms with Gasteiger partial charge in [0.15, 0.2) is 5.76 Å². The third kappa shape index (κ3) is 3.07. The van der Waals surface area contributed by atoms with E-state index >= 15 is 0 Å². The predicted molar refractivity (Wildman–Crippen MR) is 97.9 cm³/mol. The van der Waals surface area contributed by atoms with Crippen LogP contribution in [0, 0.1) is 0 Å². The fourth-order valence-corrected chi connectivity index (χ4v) is 3.07. The van der Waals surface area contributed by atoms with Crippen LogP contribution in [-0.2, 0) is 11.2 Å². The highest BCUT2D eigenvalue weighted by atomic mass is 16.5. The van der Waals surface area contributed by atoms with Gasteiger partial charge in [0.25, 0.3) is 0 Å². The molecule has 3 aromatic heterocycles. The van der Waals surface area contributed by atoms with Gasteiger partial charge in [-0.1, -0.05) is 11.2 Å². The number of hydrogen-bond acceptors (Lipinski definition) is 5. The number of fused-ring (bicyclic) bond motifs is 2. The molecule has 0 radical (unpaired) electrons. The molecule has 0 amide bonds. The smallest absolute Gasteiger partial charge is 0.155 e. The standard InChI is InChI=1S/C20H19N3O3/c1-25-9-3-4-14-6-7-19-16(10-14)17(22-24)12-20(26-19)18-11-15-5-2-8-23(15)13-21-18/h2,5-8,10-13,24H,3-4,9H2,1H3/b22-17-. The summed E-state index contributed by atoms with van der Waals surface area (Å²) in [6, 6.07) is 13.5. The van der Waals surface area contributed by atoms with E-state index in [4.69, 9.17) is 9.15 Å². The van der Waals surface area contributed by atoms with Crippen molar-refractivity contribution >= 4 is 16.5 Å². The van der Waals surface area contributed by atoms with Gasteiger partial charge in [-0.15, -0.1) is 0 Å². The zero-order valence-corrected chi connectivity index (χ0v) is 14.4. The molecule has 6 heteroatoms. The second-order valence-corrected chi connectivity index (χ2v) is 6.14. The summed E-state index contributed by atoms with van der Waals surface area (Å²) >= 11 is 0. The van der Waals surface area contributed by atoms with E-state index in [9.17, 15) is 5.21 Å². The van der Waals surface area contributed by atoms with Crippen molar-refractivity contribution in [3.05, 3.63) is 65.9 Å². The van der Waals surface area contributed by atoms with Crippen LogP contribution < -0.4 is 5.36 Å². The Labute approximate surface area is 150 Å². The molecule has 0 fully saturated rings. The minimum absolute atomic E-state index is 0.465. The lowest BCUT2D eigenvalue weighted by Crippen LogP contribution is -2.05. The van der Waals surface area contributed by atoms with Crippen LogP contribution in [0.2, 0.25) is 0 Å². The molecule has 3 heterocycles. The summed E-state index contributed by atoms with van der Waals surface area (Å²) in [4.78, 5) is 4.43. The largest absolute Gasteiger partial charge is 0.454 e. The van der Waals surface area contributed by atoms with Crippen molar-refractivity contribution in [2.24, 2.45) is 5.16 Å². The minimum atomic E-state index is 0.465. The number of methoxy groups -OCH3 is 1. The van der Waals surface area contributed by atoms with Crippen molar-refractivity contribution in [3.63, 3.8) is 0 Å². The van der Waals surface area contributed by atoms with Gasteiger partial charge in [-0.05, 0) is 48.7 Å². The summed E-state index contributed by atoms with van der Waals surface area (Å²) in [5.41, 5.74) is 3.51. The molecule has 0 saturated heterocycles. The van der Waals surface area contributed by atoms with Crippen molar-refractivity contribution in [1.29, 1.82) is 0 Å². The summed E-state index contributed by atoms with van der Waals surface area (Å²) in [6.45, 7) is 0.715. The Morgan fingerprint density at radius 1 is 1.23 bits per heavy atom. The topological polar surface area (TPSA) is 72.3 Å². The SMILES string of the molecule is COCCCc1ccc2oc(-c3cc4cccn4cn3)c/c(=N/O)c2c1. The molecule has 0 atom stereocenters. The van der Waals surface area contributed by atoms with E-state index in [1.54, 1.807) is 19.5 Å². The van der Waals surface area contributed by atoms with E-state index in [1.165, 1.54) is 0 Å². The maximum absolute atomic E-state index is 9.49. The minimum Gasteiger partial charge on any atom is -0.454 e. The molecule has 1 N–H and O–H groups in total. The van der Waals surface area contributed by atoms with Crippen LogP contribution in [-0.4, -0.2) is 28.3 Å². The molecule has 4 rings (SSSR count). The van der Waals surface area contributed by atoms with E-state index < -0.39 is 0 Å². The fraction of sp³-hybridized carbons (Fsp3) is 0.200. The molecule has 26 heavy (non-hydrogen) atoms. The summed E-state index contributed by atoms with van der Waals surface area (Å²) in [5.74, 6) is 0.557. The first-order valence-electron chi connectivity index (χ1n) is 8.45. The van der Waals surface area contributed by atoms with Crippen LogP contribution in [0.1, 0.15) is 12.0 Å². The second kappa shape index (κ2) is 7.01. The lowest BCUT2D eigenvalue weighted by Gasteiger charge is -2.07. The number of benzene rings is 1. The highest BCUT2D eigenvalue weighted by Gasteiger charge is 2.09. The van der Waals surface area contributed by atoms with E-state index in [1.807, 2.05) is 47.0 Å². The molecular weight excluding hydrogens is 330 g/mol. The number of hydrogen-bond donors (Lipinski definition) is 1. The van der Waals surface area contributed by atoms with Crippen LogP contribution >= 0.6 is 0 Å². The average Bonchev–Trinajstić information content (AvgIpc) is 3.15. The van der Waals surface area contributed by atoms with Gasteiger partial charge in [0, 0.05) is 36.9 Å². The normalized spacial score (nSPS) is 12.3. The number of ether oxygens (including phenoxy) is 1. The lowest BCUT2D eigenvalue weighted by molar-refractivity contribution is 0.195. The van der Waals surface area contributed by atoms with Crippen molar-refractivity contribution < 1.29 is 14.4 Å². The van der Waals surface area contributed by atoms with E-state index in [-0.39, 0.29) is 0 Å². The van der Waals surface area contributed by atoms with Gasteiger partial charge >= 0.3 is 0 Å². The molecule has 0 aliphatic carbocycles. The number of aromatic nitrogens is 2. The van der Waals surface area contributed by atoms with Crippen LogP contribution in [0.15, 0.2) is 64.6 Å². The highest BCUT2D eigenvalue weighted by Crippen LogP contribution is 2.23. The average molecular weight is 349 g/mol. The van der Waals surface area contributed by atoms with Crippen molar-refractivity contribution in [3.8, 4) is 11.5 Å². The number of rotatable bonds is 5. The first-order valence-corrected chi connectivity index (χ1v) is 8.45. The Morgan fingerprint density at radius 3 is 3.00 bits per heavy atom. The monoisotopic (exact) mass is 349 g/mol. The van der Waals surface area contributed by atoms with Crippen LogP contribution in [0.5, 0.6) is 0 Å². The van der Waals surface area contributed by atoms with E-state index in [0.717, 1.165) is 29.3 Å². The third-order valence-electron chi connectivity index (χ3n) is 4.40. The molecule has 0 saturated carbocycles. The number of aryl methyl sites for hydroxylation is 1. The first-order chi connectivity index (χ1) is 12.8. The quantitative estimate of drug-likeness (QED) is 0.339. The summed E-state index contributed by atoms with van der Waals surface area (Å²) < 4.78 is 13.1. The maximum atomic E-state index is 9.49. The molecule has 0 bridgehead atoms. The molecule has 0 unspecified atom stereocenters. The summed E-state index contributed by atoms with van der Waals surface area (Å²) in [7, 11) is 1.70. The van der Waals surface area contributed by atoms with Gasteiger partial charge in [-0.3, -0.25) is 0 Å². The lowest BCUT2D eigenvalue weighted by atomic mass is 10.1. The summed E-state index contributed by atoms with van der Waals surface area (Å²) in [6.07, 6.45) is 5.50. The molecule has 1 aromatic carbocycles. The van der Waals surface area contributed by atoms with E-state index in [0.29, 0.717) is 29.0 Å². The van der Waals surface area contributed by atoms with Crippen molar-refractivity contribution in [2.45, 2.75) is 12.8 Å². The van der Waals surface area contributed by atoms with Gasteiger partial charge in [0.1, 0.15) is 16.6 Å². The fourth-order valence-electron chi connectivity index (χ4n) is 3.07. The molecule has 6 nitrogen and oxygen atoms in total.